The van der Waals surface area contributed by atoms with E-state index in [1.165, 1.54) is 9.80 Å². The van der Waals surface area contributed by atoms with E-state index in [-0.39, 0.29) is 37.6 Å². The van der Waals surface area contributed by atoms with Crippen LogP contribution in [-0.2, 0) is 4.79 Å². The van der Waals surface area contributed by atoms with Crippen molar-refractivity contribution in [2.24, 2.45) is 16.5 Å². The Morgan fingerprint density at radius 1 is 1.44 bits per heavy atom. The monoisotopic (exact) mass is 354 g/mol. The number of hydrogen-bond acceptors (Lipinski definition) is 9. The summed E-state index contributed by atoms with van der Waals surface area (Å²) in [6.45, 7) is 2.47. The van der Waals surface area contributed by atoms with Crippen molar-refractivity contribution in [2.45, 2.75) is 37.4 Å². The molecule has 0 aromatic rings. The van der Waals surface area contributed by atoms with Crippen LogP contribution in [0.15, 0.2) is 4.99 Å². The molecule has 3 unspecified atom stereocenters. The van der Waals surface area contributed by atoms with Gasteiger partial charge < -0.3 is 26.4 Å². The molecule has 0 aliphatic carbocycles. The molecule has 11 heteroatoms. The molecule has 140 valence electrons. The summed E-state index contributed by atoms with van der Waals surface area (Å²) in [5.41, 5.74) is 11.2. The molecule has 0 spiro atoms. The van der Waals surface area contributed by atoms with Crippen molar-refractivity contribution in [2.75, 3.05) is 33.3 Å². The highest BCUT2D eigenvalue weighted by Crippen LogP contribution is 2.30. The number of hydrogen-bond donors (Lipinski definition) is 5. The second-order valence-electron chi connectivity index (χ2n) is 6.70. The van der Waals surface area contributed by atoms with E-state index in [0.29, 0.717) is 6.54 Å². The largest absolute Gasteiger partial charge is 0.392 e. The van der Waals surface area contributed by atoms with Crippen molar-refractivity contribution in [3.05, 3.63) is 0 Å². The fraction of sp³-hybridized carbons (Fsp3) is 0.786. The smallest absolute Gasteiger partial charge is 0.327 e. The van der Waals surface area contributed by atoms with Crippen molar-refractivity contribution in [1.82, 2.24) is 25.3 Å². The van der Waals surface area contributed by atoms with E-state index < -0.39 is 24.0 Å². The molecule has 25 heavy (non-hydrogen) atoms. The second-order valence-corrected chi connectivity index (χ2v) is 6.70. The molecule has 2 saturated heterocycles. The van der Waals surface area contributed by atoms with Gasteiger partial charge in [-0.15, -0.1) is 0 Å². The van der Waals surface area contributed by atoms with Gasteiger partial charge in [0.2, 0.25) is 5.91 Å². The van der Waals surface area contributed by atoms with Crippen molar-refractivity contribution >= 4 is 17.9 Å². The molecule has 0 aromatic heterocycles. The lowest BCUT2D eigenvalue weighted by atomic mass is 9.91. The molecule has 3 rings (SSSR count). The molecule has 7 N–H and O–H groups in total. The van der Waals surface area contributed by atoms with Crippen LogP contribution in [0.2, 0.25) is 0 Å². The molecule has 4 atom stereocenters. The normalized spacial score (nSPS) is 35.4. The van der Waals surface area contributed by atoms with E-state index in [1.54, 1.807) is 11.9 Å². The molecule has 11 nitrogen and oxygen atoms in total. The number of guanidine groups is 1. The van der Waals surface area contributed by atoms with Crippen LogP contribution in [0.25, 0.3) is 0 Å². The van der Waals surface area contributed by atoms with Crippen molar-refractivity contribution in [3.63, 3.8) is 0 Å². The third-order valence-corrected chi connectivity index (χ3v) is 5.01. The zero-order chi connectivity index (χ0) is 18.4. The van der Waals surface area contributed by atoms with Gasteiger partial charge in [0.25, 0.3) is 0 Å². The molecule has 3 aliphatic heterocycles. The van der Waals surface area contributed by atoms with E-state index in [2.05, 4.69) is 15.6 Å². The van der Waals surface area contributed by atoms with E-state index in [0.717, 1.165) is 6.42 Å². The molecule has 0 aromatic carbocycles. The SMILES string of the molecule is CCCN1C(N)=N[C@@H](CN2C(=O)CN(C)C2=O)C2NC(N)NC21CO. The van der Waals surface area contributed by atoms with Crippen molar-refractivity contribution in [1.29, 1.82) is 0 Å². The van der Waals surface area contributed by atoms with Gasteiger partial charge in [-0.2, -0.15) is 0 Å². The lowest BCUT2D eigenvalue weighted by Gasteiger charge is -2.49. The maximum Gasteiger partial charge on any atom is 0.327 e. The first-order valence-corrected chi connectivity index (χ1v) is 8.40. The molecule has 0 saturated carbocycles. The quantitative estimate of drug-likeness (QED) is 0.323. The van der Waals surface area contributed by atoms with Gasteiger partial charge in [-0.25, -0.2) is 9.79 Å². The topological polar surface area (TPSA) is 153 Å². The fourth-order valence-corrected chi connectivity index (χ4v) is 3.87. The molecule has 3 heterocycles. The standard InChI is InChI=1S/C14H26N8O3/c1-3-4-22-12(16)17-8(5-21-9(24)6-20(2)13(21)25)10-14(22,7-23)19-11(15)18-10/h8,10-11,18-19,23H,3-7,15H2,1-2H3,(H2,16,17)/t8-,10?,11?,14?/m0/s1. The Kier molecular flexibility index (Phi) is 4.58. The fourth-order valence-electron chi connectivity index (χ4n) is 3.87. The number of carbonyl (C=O) groups is 2. The molecule has 0 radical (unpaired) electrons. The minimum Gasteiger partial charge on any atom is -0.392 e. The predicted molar refractivity (Wildman–Crippen MR) is 90.0 cm³/mol. The maximum absolute atomic E-state index is 12.2. The Morgan fingerprint density at radius 2 is 2.16 bits per heavy atom. The van der Waals surface area contributed by atoms with Crippen LogP contribution < -0.4 is 22.1 Å². The summed E-state index contributed by atoms with van der Waals surface area (Å²) >= 11 is 0. The Hall–Kier alpha value is -1.95. The number of aliphatic hydroxyl groups excluding tert-OH is 1. The van der Waals surface area contributed by atoms with Crippen LogP contribution in [0.4, 0.5) is 4.79 Å². The Labute approximate surface area is 146 Å². The van der Waals surface area contributed by atoms with Crippen molar-refractivity contribution < 1.29 is 14.7 Å². The Bertz CT molecular complexity index is 599. The van der Waals surface area contributed by atoms with Crippen LogP contribution in [0, 0.1) is 0 Å². The molecular formula is C14H26N8O3. The maximum atomic E-state index is 12.2. The number of aliphatic imine (C=N–C) groups is 1. The minimum absolute atomic E-state index is 0.0493. The number of urea groups is 1. The number of likely N-dealkylation sites (N-methyl/N-ethyl adjacent to an activating group) is 1. The minimum atomic E-state index is -0.927. The average molecular weight is 354 g/mol. The van der Waals surface area contributed by atoms with E-state index in [9.17, 15) is 14.7 Å². The summed E-state index contributed by atoms with van der Waals surface area (Å²) in [6.07, 6.45) is 0.243. The van der Waals surface area contributed by atoms with Gasteiger partial charge in [-0.05, 0) is 6.42 Å². The molecule has 3 amide bonds. The predicted octanol–water partition coefficient (Wildman–Crippen LogP) is -3.22. The third kappa shape index (κ3) is 2.72. The van der Waals surface area contributed by atoms with Crippen LogP contribution >= 0.6 is 0 Å². The van der Waals surface area contributed by atoms with E-state index >= 15 is 0 Å². The van der Waals surface area contributed by atoms with Gasteiger partial charge in [0.1, 0.15) is 18.5 Å². The number of nitrogens with two attached hydrogens (primary N) is 2. The highest BCUT2D eigenvalue weighted by molar-refractivity contribution is 6.01. The molecular weight excluding hydrogens is 328 g/mol. The molecule has 0 bridgehead atoms. The number of carbonyl (C=O) groups excluding carboxylic acids is 2. The first-order valence-electron chi connectivity index (χ1n) is 8.40. The summed E-state index contributed by atoms with van der Waals surface area (Å²) < 4.78 is 0. The van der Waals surface area contributed by atoms with Gasteiger partial charge in [0, 0.05) is 13.6 Å². The van der Waals surface area contributed by atoms with Crippen LogP contribution in [0.5, 0.6) is 0 Å². The third-order valence-electron chi connectivity index (χ3n) is 5.01. The highest BCUT2D eigenvalue weighted by atomic mass is 16.3. The highest BCUT2D eigenvalue weighted by Gasteiger charge is 2.56. The summed E-state index contributed by atoms with van der Waals surface area (Å²) in [4.78, 5) is 33.1. The van der Waals surface area contributed by atoms with Crippen LogP contribution in [-0.4, -0.2) is 95.0 Å². The van der Waals surface area contributed by atoms with Gasteiger partial charge in [0.15, 0.2) is 5.96 Å². The Morgan fingerprint density at radius 3 is 2.72 bits per heavy atom. The van der Waals surface area contributed by atoms with Gasteiger partial charge >= 0.3 is 6.03 Å². The number of fused-ring (bicyclic) bond motifs is 1. The zero-order valence-corrected chi connectivity index (χ0v) is 14.5. The summed E-state index contributed by atoms with van der Waals surface area (Å²) in [5, 5.41) is 16.5. The first kappa shape index (κ1) is 17.9. The number of nitrogens with zero attached hydrogens (tertiary/aromatic N) is 4. The van der Waals surface area contributed by atoms with Crippen LogP contribution in [0.3, 0.4) is 0 Å². The Balaban J connectivity index is 1.92. The molecule has 3 aliphatic rings. The number of rotatable bonds is 5. The van der Waals surface area contributed by atoms with Crippen LogP contribution in [0.1, 0.15) is 13.3 Å². The second kappa shape index (κ2) is 6.41. The van der Waals surface area contributed by atoms with Gasteiger partial charge in [0.05, 0.1) is 25.2 Å². The summed E-state index contributed by atoms with van der Waals surface area (Å²) in [7, 11) is 1.57. The molecule has 2 fully saturated rings. The zero-order valence-electron chi connectivity index (χ0n) is 14.5. The summed E-state index contributed by atoms with van der Waals surface area (Å²) in [6, 6.07) is -1.28. The number of aliphatic hydroxyl groups is 1. The van der Waals surface area contributed by atoms with Crippen molar-refractivity contribution in [3.8, 4) is 0 Å². The lowest BCUT2D eigenvalue weighted by Crippen LogP contribution is -2.73. The van der Waals surface area contributed by atoms with E-state index in [1.807, 2.05) is 6.92 Å². The number of imide groups is 1. The lowest BCUT2D eigenvalue weighted by molar-refractivity contribution is -0.125. The first-order chi connectivity index (χ1) is 11.8. The van der Waals surface area contributed by atoms with Gasteiger partial charge in [-0.1, -0.05) is 6.92 Å². The van der Waals surface area contributed by atoms with E-state index in [4.69, 9.17) is 11.5 Å². The number of amides is 3. The average Bonchev–Trinajstić information content (AvgIpc) is 3.03. The van der Waals surface area contributed by atoms with Gasteiger partial charge in [-0.3, -0.25) is 20.3 Å². The summed E-state index contributed by atoms with van der Waals surface area (Å²) in [5.74, 6) is -0.0184. The number of nitrogens with one attached hydrogen (secondary N) is 2.